The number of amides is 2. The number of benzene rings is 3. The van der Waals surface area contributed by atoms with E-state index in [1.54, 1.807) is 23.1 Å². The number of aromatic amines is 1. The van der Waals surface area contributed by atoms with Crippen molar-refractivity contribution in [1.82, 2.24) is 14.8 Å². The van der Waals surface area contributed by atoms with Crippen LogP contribution in [-0.4, -0.2) is 50.7 Å². The van der Waals surface area contributed by atoms with E-state index in [9.17, 15) is 19.7 Å². The molecule has 0 atom stereocenters. The maximum absolute atomic E-state index is 13.7. The SMILES string of the molecule is O=C(CN(C(=O)c1cccc([N+](=O)[O-])c1)C1CC1)N(CCc1c[nH]c2ccccc12)Cc1ccc(Cl)c(Cl)c1. The molecule has 8 nitrogen and oxygen atoms in total. The Morgan fingerprint density at radius 2 is 1.79 bits per heavy atom. The summed E-state index contributed by atoms with van der Waals surface area (Å²) in [5.41, 5.74) is 2.96. The Morgan fingerprint density at radius 1 is 1.00 bits per heavy atom. The molecule has 4 aromatic rings. The van der Waals surface area contributed by atoms with Crippen LogP contribution >= 0.6 is 23.2 Å². The van der Waals surface area contributed by atoms with Gasteiger partial charge in [-0.05, 0) is 54.7 Å². The smallest absolute Gasteiger partial charge is 0.270 e. The van der Waals surface area contributed by atoms with Crippen molar-refractivity contribution < 1.29 is 14.5 Å². The Kier molecular flexibility index (Phi) is 7.86. The molecule has 10 heteroatoms. The number of para-hydroxylation sites is 1. The average Bonchev–Trinajstić information content (AvgIpc) is 3.70. The zero-order valence-electron chi connectivity index (χ0n) is 21.0. The Morgan fingerprint density at radius 3 is 2.54 bits per heavy atom. The molecule has 1 aliphatic rings. The second-order valence-electron chi connectivity index (χ2n) is 9.64. The van der Waals surface area contributed by atoms with Gasteiger partial charge in [0, 0.05) is 53.9 Å². The predicted molar refractivity (Wildman–Crippen MR) is 151 cm³/mol. The average molecular weight is 565 g/mol. The summed E-state index contributed by atoms with van der Waals surface area (Å²) in [5, 5.41) is 13.2. The summed E-state index contributed by atoms with van der Waals surface area (Å²) >= 11 is 12.3. The molecule has 1 N–H and O–H groups in total. The van der Waals surface area contributed by atoms with Crippen LogP contribution in [0.1, 0.15) is 34.3 Å². The van der Waals surface area contributed by atoms with E-state index < -0.39 is 4.92 Å². The van der Waals surface area contributed by atoms with E-state index in [0.717, 1.165) is 34.9 Å². The quantitative estimate of drug-likeness (QED) is 0.181. The highest BCUT2D eigenvalue weighted by molar-refractivity contribution is 6.42. The minimum absolute atomic E-state index is 0.0684. The minimum atomic E-state index is -0.535. The van der Waals surface area contributed by atoms with Gasteiger partial charge in [0.2, 0.25) is 5.91 Å². The highest BCUT2D eigenvalue weighted by atomic mass is 35.5. The molecular formula is C29H26Cl2N4O4. The number of halogens is 2. The van der Waals surface area contributed by atoms with Crippen molar-refractivity contribution in [2.24, 2.45) is 0 Å². The third kappa shape index (κ3) is 6.24. The van der Waals surface area contributed by atoms with Crippen LogP contribution in [0.2, 0.25) is 10.0 Å². The van der Waals surface area contributed by atoms with Crippen molar-refractivity contribution >= 4 is 51.6 Å². The second kappa shape index (κ2) is 11.5. The number of H-pyrrole nitrogens is 1. The number of rotatable bonds is 10. The summed E-state index contributed by atoms with van der Waals surface area (Å²) < 4.78 is 0. The summed E-state index contributed by atoms with van der Waals surface area (Å²) in [5.74, 6) is -0.604. The van der Waals surface area contributed by atoms with Gasteiger partial charge in [-0.1, -0.05) is 53.5 Å². The molecule has 0 saturated heterocycles. The van der Waals surface area contributed by atoms with Crippen molar-refractivity contribution in [2.45, 2.75) is 31.8 Å². The summed E-state index contributed by atoms with van der Waals surface area (Å²) in [6, 6.07) is 18.8. The zero-order chi connectivity index (χ0) is 27.5. The topological polar surface area (TPSA) is 99.5 Å². The molecule has 3 aromatic carbocycles. The van der Waals surface area contributed by atoms with Crippen LogP contribution < -0.4 is 0 Å². The molecular weight excluding hydrogens is 539 g/mol. The number of nitro benzene ring substituents is 1. The molecule has 0 radical (unpaired) electrons. The Balaban J connectivity index is 1.37. The molecule has 0 bridgehead atoms. The molecule has 1 aliphatic carbocycles. The Hall–Kier alpha value is -3.88. The van der Waals surface area contributed by atoms with Gasteiger partial charge in [0.15, 0.2) is 0 Å². The summed E-state index contributed by atoms with van der Waals surface area (Å²) in [4.78, 5) is 44.3. The number of aromatic nitrogens is 1. The molecule has 200 valence electrons. The standard InChI is InChI=1S/C29H26Cl2N4O4/c30-25-11-8-19(14-26(25)31)17-33(13-12-21-16-32-27-7-2-1-6-24(21)27)28(36)18-34(22-9-10-22)29(37)20-4-3-5-23(15-20)35(38)39/h1-8,11,14-16,22,32H,9-10,12-13,17-18H2. The van der Waals surface area contributed by atoms with Gasteiger partial charge in [0.05, 0.1) is 15.0 Å². The number of carbonyl (C=O) groups excluding carboxylic acids is 2. The first-order valence-corrected chi connectivity index (χ1v) is 13.4. The molecule has 1 aromatic heterocycles. The lowest BCUT2D eigenvalue weighted by atomic mass is 10.1. The molecule has 5 rings (SSSR count). The van der Waals surface area contributed by atoms with Gasteiger partial charge >= 0.3 is 0 Å². The van der Waals surface area contributed by atoms with Crippen LogP contribution in [0.15, 0.2) is 72.9 Å². The van der Waals surface area contributed by atoms with E-state index in [4.69, 9.17) is 23.2 Å². The van der Waals surface area contributed by atoms with E-state index in [2.05, 4.69) is 4.98 Å². The largest absolute Gasteiger partial charge is 0.361 e. The van der Waals surface area contributed by atoms with Gasteiger partial charge < -0.3 is 14.8 Å². The lowest BCUT2D eigenvalue weighted by Gasteiger charge is -2.28. The van der Waals surface area contributed by atoms with Crippen molar-refractivity contribution in [3.63, 3.8) is 0 Å². The molecule has 0 spiro atoms. The lowest BCUT2D eigenvalue weighted by molar-refractivity contribution is -0.384. The number of carbonyl (C=O) groups is 2. The highest BCUT2D eigenvalue weighted by Crippen LogP contribution is 2.29. The lowest BCUT2D eigenvalue weighted by Crippen LogP contribution is -2.44. The molecule has 1 fully saturated rings. The molecule has 1 saturated carbocycles. The Bertz CT molecular complexity index is 1550. The van der Waals surface area contributed by atoms with Crippen LogP contribution in [0.5, 0.6) is 0 Å². The maximum atomic E-state index is 13.7. The number of fused-ring (bicyclic) bond motifs is 1. The third-order valence-electron chi connectivity index (χ3n) is 6.89. The van der Waals surface area contributed by atoms with E-state index in [1.807, 2.05) is 36.5 Å². The first kappa shape index (κ1) is 26.7. The number of nitrogens with one attached hydrogen (secondary N) is 1. The minimum Gasteiger partial charge on any atom is -0.361 e. The van der Waals surface area contributed by atoms with Crippen molar-refractivity contribution in [1.29, 1.82) is 0 Å². The third-order valence-corrected chi connectivity index (χ3v) is 7.63. The molecule has 39 heavy (non-hydrogen) atoms. The van der Waals surface area contributed by atoms with Gasteiger partial charge in [-0.15, -0.1) is 0 Å². The molecule has 2 amide bonds. The van der Waals surface area contributed by atoms with E-state index in [-0.39, 0.29) is 35.7 Å². The fraction of sp³-hybridized carbons (Fsp3) is 0.241. The number of nitro groups is 1. The fourth-order valence-electron chi connectivity index (χ4n) is 4.66. The summed E-state index contributed by atoms with van der Waals surface area (Å²) in [6.45, 7) is 0.591. The summed E-state index contributed by atoms with van der Waals surface area (Å²) in [6.07, 6.45) is 4.14. The zero-order valence-corrected chi connectivity index (χ0v) is 22.5. The first-order valence-electron chi connectivity index (χ1n) is 12.6. The second-order valence-corrected chi connectivity index (χ2v) is 10.5. The molecule has 0 unspecified atom stereocenters. The fourth-order valence-corrected chi connectivity index (χ4v) is 4.98. The highest BCUT2D eigenvalue weighted by Gasteiger charge is 2.35. The number of hydrogen-bond donors (Lipinski definition) is 1. The summed E-state index contributed by atoms with van der Waals surface area (Å²) in [7, 11) is 0. The van der Waals surface area contributed by atoms with Gasteiger partial charge in [-0.3, -0.25) is 19.7 Å². The maximum Gasteiger partial charge on any atom is 0.270 e. The van der Waals surface area contributed by atoms with Crippen LogP contribution in [-0.2, 0) is 17.8 Å². The van der Waals surface area contributed by atoms with Crippen molar-refractivity contribution in [2.75, 3.05) is 13.1 Å². The van der Waals surface area contributed by atoms with Gasteiger partial charge in [0.25, 0.3) is 11.6 Å². The number of non-ortho nitro benzene ring substituents is 1. The van der Waals surface area contributed by atoms with Gasteiger partial charge in [0.1, 0.15) is 6.54 Å². The van der Waals surface area contributed by atoms with Gasteiger partial charge in [-0.25, -0.2) is 0 Å². The monoisotopic (exact) mass is 564 g/mol. The normalized spacial score (nSPS) is 12.9. The molecule has 0 aliphatic heterocycles. The number of nitrogens with zero attached hydrogens (tertiary/aromatic N) is 3. The van der Waals surface area contributed by atoms with E-state index in [1.165, 1.54) is 23.1 Å². The van der Waals surface area contributed by atoms with Crippen LogP contribution in [0.3, 0.4) is 0 Å². The first-order chi connectivity index (χ1) is 18.8. The van der Waals surface area contributed by atoms with Gasteiger partial charge in [-0.2, -0.15) is 0 Å². The van der Waals surface area contributed by atoms with Crippen molar-refractivity contribution in [3.05, 3.63) is 110 Å². The van der Waals surface area contributed by atoms with Crippen LogP contribution in [0, 0.1) is 10.1 Å². The molecule has 1 heterocycles. The number of hydrogen-bond acceptors (Lipinski definition) is 4. The van der Waals surface area contributed by atoms with E-state index >= 15 is 0 Å². The van der Waals surface area contributed by atoms with Crippen LogP contribution in [0.4, 0.5) is 5.69 Å². The van der Waals surface area contributed by atoms with Crippen LogP contribution in [0.25, 0.3) is 10.9 Å². The van der Waals surface area contributed by atoms with Crippen molar-refractivity contribution in [3.8, 4) is 0 Å². The Labute approximate surface area is 235 Å². The van der Waals surface area contributed by atoms with E-state index in [0.29, 0.717) is 29.6 Å². The predicted octanol–water partition coefficient (Wildman–Crippen LogP) is 6.26.